The zero-order valence-corrected chi connectivity index (χ0v) is 8.67. The Bertz CT molecular complexity index is 470. The Morgan fingerprint density at radius 1 is 1.38 bits per heavy atom. The molecule has 2 rings (SSSR count). The van der Waals surface area contributed by atoms with Gasteiger partial charge in [-0.15, -0.1) is 0 Å². The minimum Gasteiger partial charge on any atom is -0.394 e. The van der Waals surface area contributed by atoms with Crippen LogP contribution in [0.5, 0.6) is 0 Å². The highest BCUT2D eigenvalue weighted by Gasteiger charge is 2.04. The number of rotatable bonds is 4. The summed E-state index contributed by atoms with van der Waals surface area (Å²) in [5.41, 5.74) is 1.70. The molecule has 1 heterocycles. The van der Waals surface area contributed by atoms with Crippen LogP contribution in [0.1, 0.15) is 0 Å². The first kappa shape index (κ1) is 10.8. The van der Waals surface area contributed by atoms with Gasteiger partial charge in [-0.2, -0.15) is 0 Å². The van der Waals surface area contributed by atoms with Gasteiger partial charge in [0.15, 0.2) is 0 Å². The third-order valence-corrected chi connectivity index (χ3v) is 2.29. The molecule has 0 spiro atoms. The van der Waals surface area contributed by atoms with Crippen molar-refractivity contribution in [2.24, 2.45) is 0 Å². The summed E-state index contributed by atoms with van der Waals surface area (Å²) in [5.74, 6) is 0. The van der Waals surface area contributed by atoms with Crippen LogP contribution >= 0.6 is 0 Å². The highest BCUT2D eigenvalue weighted by atomic mass is 16.3. The van der Waals surface area contributed by atoms with Crippen LogP contribution in [-0.4, -0.2) is 39.4 Å². The van der Waals surface area contributed by atoms with Crippen LogP contribution in [0.25, 0.3) is 10.9 Å². The van der Waals surface area contributed by atoms with Gasteiger partial charge in [0.25, 0.3) is 0 Å². The quantitative estimate of drug-likeness (QED) is 0.693. The van der Waals surface area contributed by atoms with Crippen LogP contribution in [0.3, 0.4) is 0 Å². The topological polar surface area (TPSA) is 78.3 Å². The van der Waals surface area contributed by atoms with E-state index in [0.29, 0.717) is 6.54 Å². The molecule has 5 nitrogen and oxygen atoms in total. The smallest absolute Gasteiger partial charge is 0.116 e. The van der Waals surface area contributed by atoms with Crippen LogP contribution in [0.2, 0.25) is 0 Å². The summed E-state index contributed by atoms with van der Waals surface area (Å²) in [6.45, 7) is 0.0405. The largest absolute Gasteiger partial charge is 0.394 e. The zero-order chi connectivity index (χ0) is 11.4. The second-order valence-corrected chi connectivity index (χ2v) is 3.48. The molecule has 3 N–H and O–H groups in total. The third-order valence-electron chi connectivity index (χ3n) is 2.29. The monoisotopic (exact) mass is 219 g/mol. The van der Waals surface area contributed by atoms with Gasteiger partial charge >= 0.3 is 0 Å². The molecular weight excluding hydrogens is 206 g/mol. The number of benzene rings is 1. The standard InChI is InChI=1S/C11H13N3O2/c15-6-8(16)4-13-10-2-1-3-11-9(10)5-12-7-14-11/h1-3,5,7-8,13,15-16H,4,6H2. The minimum atomic E-state index is -0.764. The summed E-state index contributed by atoms with van der Waals surface area (Å²) in [7, 11) is 0. The summed E-state index contributed by atoms with van der Waals surface area (Å²) in [5, 5.41) is 21.9. The number of hydrogen-bond donors (Lipinski definition) is 3. The van der Waals surface area contributed by atoms with E-state index >= 15 is 0 Å². The summed E-state index contributed by atoms with van der Waals surface area (Å²) in [6.07, 6.45) is 2.45. The highest BCUT2D eigenvalue weighted by molar-refractivity contribution is 5.90. The molecule has 0 fully saturated rings. The number of anilines is 1. The van der Waals surface area contributed by atoms with Crippen molar-refractivity contribution in [1.29, 1.82) is 0 Å². The molecule has 1 aromatic heterocycles. The van der Waals surface area contributed by atoms with E-state index in [1.165, 1.54) is 6.33 Å². The van der Waals surface area contributed by atoms with E-state index in [1.54, 1.807) is 6.20 Å². The summed E-state index contributed by atoms with van der Waals surface area (Å²) in [6, 6.07) is 5.66. The SMILES string of the molecule is OCC(O)CNc1cccc2ncncc12. The molecule has 0 bridgehead atoms. The molecule has 0 radical (unpaired) electrons. The molecule has 1 atom stereocenters. The molecule has 5 heteroatoms. The van der Waals surface area contributed by atoms with Crippen molar-refractivity contribution >= 4 is 16.6 Å². The lowest BCUT2D eigenvalue weighted by molar-refractivity contribution is 0.105. The Kier molecular flexibility index (Phi) is 3.28. The molecule has 2 aromatic rings. The number of nitrogens with one attached hydrogen (secondary N) is 1. The summed E-state index contributed by atoms with van der Waals surface area (Å²) >= 11 is 0. The fourth-order valence-electron chi connectivity index (χ4n) is 1.45. The maximum atomic E-state index is 9.25. The van der Waals surface area contributed by atoms with Crippen LogP contribution in [0.15, 0.2) is 30.7 Å². The molecule has 0 saturated heterocycles. The number of aromatic nitrogens is 2. The van der Waals surface area contributed by atoms with Crippen LogP contribution in [-0.2, 0) is 0 Å². The van der Waals surface area contributed by atoms with Gasteiger partial charge < -0.3 is 15.5 Å². The van der Waals surface area contributed by atoms with Crippen molar-refractivity contribution in [1.82, 2.24) is 9.97 Å². The van der Waals surface area contributed by atoms with Crippen molar-refractivity contribution < 1.29 is 10.2 Å². The fourth-order valence-corrected chi connectivity index (χ4v) is 1.45. The molecule has 16 heavy (non-hydrogen) atoms. The zero-order valence-electron chi connectivity index (χ0n) is 8.67. The maximum absolute atomic E-state index is 9.25. The third kappa shape index (κ3) is 2.26. The molecule has 0 amide bonds. The van der Waals surface area contributed by atoms with Gasteiger partial charge in [0.05, 0.1) is 18.2 Å². The normalized spacial score (nSPS) is 12.6. The first-order chi connectivity index (χ1) is 7.81. The lowest BCUT2D eigenvalue weighted by atomic mass is 10.2. The molecule has 1 aromatic carbocycles. The Hall–Kier alpha value is -1.72. The molecule has 1 unspecified atom stereocenters. The van der Waals surface area contributed by atoms with Crippen LogP contribution in [0.4, 0.5) is 5.69 Å². The van der Waals surface area contributed by atoms with E-state index in [4.69, 9.17) is 5.11 Å². The number of nitrogens with zero attached hydrogens (tertiary/aromatic N) is 2. The minimum absolute atomic E-state index is 0.256. The van der Waals surface area contributed by atoms with Gasteiger partial charge in [0.2, 0.25) is 0 Å². The van der Waals surface area contributed by atoms with E-state index in [9.17, 15) is 5.11 Å². The van der Waals surface area contributed by atoms with Crippen molar-refractivity contribution in [2.75, 3.05) is 18.5 Å². The van der Waals surface area contributed by atoms with E-state index < -0.39 is 6.10 Å². The molecular formula is C11H13N3O2. The van der Waals surface area contributed by atoms with Gasteiger partial charge in [-0.3, -0.25) is 0 Å². The van der Waals surface area contributed by atoms with Gasteiger partial charge in [0.1, 0.15) is 6.33 Å². The Balaban J connectivity index is 2.23. The molecule has 0 aliphatic heterocycles. The summed E-state index contributed by atoms with van der Waals surface area (Å²) in [4.78, 5) is 8.08. The lowest BCUT2D eigenvalue weighted by Crippen LogP contribution is -2.23. The second kappa shape index (κ2) is 4.87. The molecule has 84 valence electrons. The molecule has 0 aliphatic rings. The Morgan fingerprint density at radius 2 is 2.25 bits per heavy atom. The van der Waals surface area contributed by atoms with E-state index in [0.717, 1.165) is 16.6 Å². The Morgan fingerprint density at radius 3 is 3.06 bits per heavy atom. The van der Waals surface area contributed by atoms with Crippen molar-refractivity contribution in [3.05, 3.63) is 30.7 Å². The summed E-state index contributed by atoms with van der Waals surface area (Å²) < 4.78 is 0. The average molecular weight is 219 g/mol. The van der Waals surface area contributed by atoms with Gasteiger partial charge in [-0.25, -0.2) is 9.97 Å². The fraction of sp³-hybridized carbons (Fsp3) is 0.273. The van der Waals surface area contributed by atoms with Gasteiger partial charge in [-0.05, 0) is 12.1 Å². The molecule has 0 saturated carbocycles. The van der Waals surface area contributed by atoms with Gasteiger partial charge in [-0.1, -0.05) is 6.07 Å². The second-order valence-electron chi connectivity index (χ2n) is 3.48. The predicted octanol–water partition coefficient (Wildman–Crippen LogP) is 0.395. The van der Waals surface area contributed by atoms with Crippen LogP contribution < -0.4 is 5.32 Å². The highest BCUT2D eigenvalue weighted by Crippen LogP contribution is 2.20. The van der Waals surface area contributed by atoms with E-state index in [2.05, 4.69) is 15.3 Å². The van der Waals surface area contributed by atoms with Crippen molar-refractivity contribution in [2.45, 2.75) is 6.10 Å². The van der Waals surface area contributed by atoms with Crippen LogP contribution in [0, 0.1) is 0 Å². The number of aliphatic hydroxyl groups excluding tert-OH is 2. The lowest BCUT2D eigenvalue weighted by Gasteiger charge is -2.11. The average Bonchev–Trinajstić information content (AvgIpc) is 2.35. The van der Waals surface area contributed by atoms with E-state index in [-0.39, 0.29) is 6.61 Å². The maximum Gasteiger partial charge on any atom is 0.116 e. The number of hydrogen-bond acceptors (Lipinski definition) is 5. The number of aliphatic hydroxyl groups is 2. The number of fused-ring (bicyclic) bond motifs is 1. The van der Waals surface area contributed by atoms with Gasteiger partial charge in [0, 0.05) is 23.8 Å². The predicted molar refractivity (Wildman–Crippen MR) is 61.1 cm³/mol. The van der Waals surface area contributed by atoms with Crippen molar-refractivity contribution in [3.63, 3.8) is 0 Å². The first-order valence-electron chi connectivity index (χ1n) is 5.03. The van der Waals surface area contributed by atoms with Crippen molar-refractivity contribution in [3.8, 4) is 0 Å². The Labute approximate surface area is 92.8 Å². The van der Waals surface area contributed by atoms with E-state index in [1.807, 2.05) is 18.2 Å². The first-order valence-corrected chi connectivity index (χ1v) is 5.03. The molecule has 0 aliphatic carbocycles.